The fourth-order valence-electron chi connectivity index (χ4n) is 6.71. The monoisotopic (exact) mass is 473 g/mol. The number of rotatable bonds is 6. The number of hydrogen-bond donors (Lipinski definition) is 1. The molecule has 3 atom stereocenters. The second kappa shape index (κ2) is 8.55. The van der Waals surface area contributed by atoms with Crippen LogP contribution in [0.15, 0.2) is 84.9 Å². The first kappa shape index (κ1) is 21.2. The summed E-state index contributed by atoms with van der Waals surface area (Å²) in [5, 5.41) is 16.2. The van der Waals surface area contributed by atoms with E-state index in [4.69, 9.17) is 9.72 Å². The number of hydrogen-bond acceptors (Lipinski definition) is 5. The predicted octanol–water partition coefficient (Wildman–Crippen LogP) is 6.10. The third kappa shape index (κ3) is 3.48. The quantitative estimate of drug-likeness (QED) is 0.322. The maximum Gasteiger partial charge on any atom is 0.179 e. The molecule has 6 heteroatoms. The lowest BCUT2D eigenvalue weighted by atomic mass is 9.63. The van der Waals surface area contributed by atoms with Gasteiger partial charge >= 0.3 is 0 Å². The van der Waals surface area contributed by atoms with Crippen LogP contribution in [0.3, 0.4) is 0 Å². The molecule has 0 radical (unpaired) electrons. The molecule has 0 saturated heterocycles. The van der Waals surface area contributed by atoms with Crippen molar-refractivity contribution in [3.05, 3.63) is 102 Å². The Bertz CT molecular complexity index is 1520. The van der Waals surface area contributed by atoms with Crippen molar-refractivity contribution in [1.82, 2.24) is 25.6 Å². The summed E-state index contributed by atoms with van der Waals surface area (Å²) in [6.45, 7) is 0.415. The molecule has 2 heterocycles. The number of fused-ring (bicyclic) bond motifs is 3. The number of H-pyrrole nitrogens is 1. The minimum Gasteiger partial charge on any atom is -0.487 e. The van der Waals surface area contributed by atoms with Crippen molar-refractivity contribution in [3.8, 4) is 17.1 Å². The first-order valence-electron chi connectivity index (χ1n) is 12.7. The van der Waals surface area contributed by atoms with E-state index < -0.39 is 0 Å². The van der Waals surface area contributed by atoms with E-state index >= 15 is 0 Å². The van der Waals surface area contributed by atoms with Crippen LogP contribution in [0.25, 0.3) is 22.3 Å². The zero-order valence-electron chi connectivity index (χ0n) is 20.0. The van der Waals surface area contributed by atoms with Gasteiger partial charge in [0.15, 0.2) is 5.82 Å². The molecular formula is C30H27N5O. The molecule has 6 nitrogen and oxygen atoms in total. The minimum atomic E-state index is -0.0765. The van der Waals surface area contributed by atoms with Crippen LogP contribution in [0.1, 0.15) is 42.5 Å². The Kier molecular flexibility index (Phi) is 5.05. The molecule has 0 amide bonds. The van der Waals surface area contributed by atoms with Crippen LogP contribution in [0, 0.1) is 11.8 Å². The van der Waals surface area contributed by atoms with E-state index in [9.17, 15) is 0 Å². The van der Waals surface area contributed by atoms with Crippen molar-refractivity contribution in [3.63, 3.8) is 0 Å². The summed E-state index contributed by atoms with van der Waals surface area (Å²) in [6, 6.07) is 29.7. The number of aromatic nitrogens is 5. The van der Waals surface area contributed by atoms with Crippen LogP contribution in [0.2, 0.25) is 0 Å². The summed E-state index contributed by atoms with van der Waals surface area (Å²) in [6.07, 6.45) is 4.99. The van der Waals surface area contributed by atoms with Crippen molar-refractivity contribution in [2.45, 2.75) is 37.7 Å². The van der Waals surface area contributed by atoms with Gasteiger partial charge in [-0.15, -0.1) is 5.10 Å². The zero-order valence-corrected chi connectivity index (χ0v) is 20.0. The van der Waals surface area contributed by atoms with E-state index in [1.807, 2.05) is 30.3 Å². The second-order valence-electron chi connectivity index (χ2n) is 10.2. The Morgan fingerprint density at radius 1 is 0.917 bits per heavy atom. The lowest BCUT2D eigenvalue weighted by Crippen LogP contribution is -2.34. The van der Waals surface area contributed by atoms with Gasteiger partial charge in [-0.3, -0.25) is 0 Å². The van der Waals surface area contributed by atoms with Gasteiger partial charge in [-0.1, -0.05) is 61.0 Å². The highest BCUT2D eigenvalue weighted by Gasteiger charge is 2.53. The molecule has 0 aliphatic heterocycles. The van der Waals surface area contributed by atoms with E-state index in [1.165, 1.54) is 30.4 Å². The number of nitrogens with zero attached hydrogens (tertiary/aromatic N) is 4. The minimum absolute atomic E-state index is 0.0765. The van der Waals surface area contributed by atoms with Gasteiger partial charge in [0.1, 0.15) is 12.4 Å². The lowest BCUT2D eigenvalue weighted by Gasteiger charge is -2.40. The smallest absolute Gasteiger partial charge is 0.179 e. The lowest BCUT2D eigenvalue weighted by molar-refractivity contribution is 0.296. The van der Waals surface area contributed by atoms with Crippen molar-refractivity contribution in [1.29, 1.82) is 0 Å². The number of nitrogens with one attached hydrogen (secondary N) is 1. The third-order valence-electron chi connectivity index (χ3n) is 8.25. The molecule has 2 aliphatic rings. The summed E-state index contributed by atoms with van der Waals surface area (Å²) >= 11 is 0. The van der Waals surface area contributed by atoms with Crippen LogP contribution in [0.5, 0.6) is 5.75 Å². The Hall–Kier alpha value is -4.06. The average molecular weight is 474 g/mol. The normalized spacial score (nSPS) is 22.8. The van der Waals surface area contributed by atoms with E-state index in [2.05, 4.69) is 75.2 Å². The third-order valence-corrected chi connectivity index (χ3v) is 8.25. The van der Waals surface area contributed by atoms with Gasteiger partial charge in [0.25, 0.3) is 0 Å². The van der Waals surface area contributed by atoms with E-state index in [0.29, 0.717) is 18.3 Å². The Morgan fingerprint density at radius 3 is 2.61 bits per heavy atom. The van der Waals surface area contributed by atoms with Gasteiger partial charge in [0.05, 0.1) is 11.2 Å². The van der Waals surface area contributed by atoms with Gasteiger partial charge in [-0.05, 0) is 83.0 Å². The largest absolute Gasteiger partial charge is 0.487 e. The van der Waals surface area contributed by atoms with Crippen molar-refractivity contribution in [2.75, 3.05) is 0 Å². The molecule has 7 rings (SSSR count). The molecule has 5 aromatic rings. The highest BCUT2D eigenvalue weighted by molar-refractivity contribution is 5.78. The van der Waals surface area contributed by atoms with Gasteiger partial charge in [0.2, 0.25) is 0 Å². The molecule has 0 spiro atoms. The number of tetrazole rings is 1. The standard InChI is InChI=1S/C30H27N5O/c1-2-7-22(8-3-1)30(18-20-10-12-23(30)16-20)27-17-25(14-15-26(27)29-32-34-35-33-29)36-19-24-13-11-21-6-4-5-9-28(21)31-24/h1-9,11,13-15,17,20,23H,10,12,16,18-19H2,(H,32,33,34,35). The summed E-state index contributed by atoms with van der Waals surface area (Å²) < 4.78 is 6.35. The molecule has 3 aromatic carbocycles. The van der Waals surface area contributed by atoms with Gasteiger partial charge in [-0.2, -0.15) is 0 Å². The molecular weight excluding hydrogens is 446 g/mol. The van der Waals surface area contributed by atoms with Crippen LogP contribution in [-0.2, 0) is 12.0 Å². The summed E-state index contributed by atoms with van der Waals surface area (Å²) in [4.78, 5) is 4.78. The molecule has 3 unspecified atom stereocenters. The molecule has 2 saturated carbocycles. The molecule has 178 valence electrons. The van der Waals surface area contributed by atoms with Crippen LogP contribution < -0.4 is 4.74 Å². The first-order valence-corrected chi connectivity index (χ1v) is 12.7. The number of ether oxygens (including phenoxy) is 1. The molecule has 2 aliphatic carbocycles. The first-order chi connectivity index (χ1) is 17.8. The van der Waals surface area contributed by atoms with Crippen molar-refractivity contribution < 1.29 is 4.74 Å². The van der Waals surface area contributed by atoms with E-state index in [1.54, 1.807) is 0 Å². The summed E-state index contributed by atoms with van der Waals surface area (Å²) in [5.74, 6) is 2.89. The number of pyridine rings is 1. The zero-order chi connectivity index (χ0) is 24.0. The second-order valence-corrected chi connectivity index (χ2v) is 10.2. The summed E-state index contributed by atoms with van der Waals surface area (Å²) in [7, 11) is 0. The van der Waals surface area contributed by atoms with Gasteiger partial charge in [-0.25, -0.2) is 10.1 Å². The molecule has 1 N–H and O–H groups in total. The van der Waals surface area contributed by atoms with Crippen molar-refractivity contribution >= 4 is 10.9 Å². The summed E-state index contributed by atoms with van der Waals surface area (Å²) in [5.41, 5.74) is 5.50. The Balaban J connectivity index is 1.30. The molecule has 2 bridgehead atoms. The van der Waals surface area contributed by atoms with E-state index in [-0.39, 0.29) is 5.41 Å². The van der Waals surface area contributed by atoms with Crippen molar-refractivity contribution in [2.24, 2.45) is 11.8 Å². The Morgan fingerprint density at radius 2 is 1.81 bits per heavy atom. The topological polar surface area (TPSA) is 76.6 Å². The van der Waals surface area contributed by atoms with Gasteiger partial charge in [0, 0.05) is 16.4 Å². The number of para-hydroxylation sites is 1. The van der Waals surface area contributed by atoms with Crippen LogP contribution >= 0.6 is 0 Å². The van der Waals surface area contributed by atoms with E-state index in [0.717, 1.165) is 40.2 Å². The average Bonchev–Trinajstić information content (AvgIpc) is 3.71. The molecule has 2 fully saturated rings. The molecule has 2 aromatic heterocycles. The molecule has 36 heavy (non-hydrogen) atoms. The maximum absolute atomic E-state index is 6.35. The predicted molar refractivity (Wildman–Crippen MR) is 138 cm³/mol. The SMILES string of the molecule is c1ccc(C2(c3cc(OCc4ccc5ccccc5n4)ccc3-c3nnn[nH]3)CC3CCC2C3)cc1. The number of aromatic amines is 1. The van der Waals surface area contributed by atoms with Crippen LogP contribution in [0.4, 0.5) is 0 Å². The maximum atomic E-state index is 6.35. The number of benzene rings is 3. The highest BCUT2D eigenvalue weighted by atomic mass is 16.5. The highest BCUT2D eigenvalue weighted by Crippen LogP contribution is 2.61. The van der Waals surface area contributed by atoms with Gasteiger partial charge < -0.3 is 4.74 Å². The van der Waals surface area contributed by atoms with Crippen LogP contribution in [-0.4, -0.2) is 25.6 Å². The fourth-order valence-corrected chi connectivity index (χ4v) is 6.71. The fraction of sp³-hybridized carbons (Fsp3) is 0.267. The Labute approximate surface area is 209 Å².